The van der Waals surface area contributed by atoms with Gasteiger partial charge in [-0.3, -0.25) is 4.90 Å². The molecule has 0 saturated carbocycles. The van der Waals surface area contributed by atoms with Crippen molar-refractivity contribution in [2.75, 3.05) is 34.4 Å². The van der Waals surface area contributed by atoms with E-state index in [1.54, 1.807) is 21.3 Å². The molecule has 0 spiro atoms. The van der Waals surface area contributed by atoms with Crippen molar-refractivity contribution in [3.63, 3.8) is 0 Å². The Balaban J connectivity index is 1.62. The first-order valence-corrected chi connectivity index (χ1v) is 9.36. The van der Waals surface area contributed by atoms with Gasteiger partial charge in [-0.05, 0) is 54.1 Å². The molecule has 1 atom stereocenters. The van der Waals surface area contributed by atoms with Gasteiger partial charge in [-0.25, -0.2) is 0 Å². The molecule has 0 aromatic heterocycles. The zero-order valence-corrected chi connectivity index (χ0v) is 16.4. The van der Waals surface area contributed by atoms with E-state index in [0.717, 1.165) is 37.2 Å². The Morgan fingerprint density at radius 1 is 0.926 bits per heavy atom. The van der Waals surface area contributed by atoms with E-state index in [-0.39, 0.29) is 6.61 Å². The lowest BCUT2D eigenvalue weighted by atomic mass is 9.98. The molecule has 0 unspecified atom stereocenters. The fraction of sp³-hybridized carbons (Fsp3) is 0.455. The molecule has 3 rings (SSSR count). The molecule has 1 N–H and O–H groups in total. The van der Waals surface area contributed by atoms with Gasteiger partial charge in [0.15, 0.2) is 11.5 Å². The molecule has 0 radical (unpaired) electrons. The van der Waals surface area contributed by atoms with Gasteiger partial charge in [0.25, 0.3) is 0 Å². The standard InChI is InChI=1S/C22H29NO4/c1-25-20-11-19(12-21(26-2)22(20)27-3)14-23-9-8-18(13-23)10-16-4-6-17(15-24)7-5-16/h4-7,11-12,18,24H,8-10,13-15H2,1-3H3/t18-/m0/s1. The van der Waals surface area contributed by atoms with Crippen LogP contribution in [0.1, 0.15) is 23.1 Å². The summed E-state index contributed by atoms with van der Waals surface area (Å²) >= 11 is 0. The second-order valence-electron chi connectivity index (χ2n) is 7.10. The van der Waals surface area contributed by atoms with Crippen LogP contribution in [-0.4, -0.2) is 44.4 Å². The van der Waals surface area contributed by atoms with Crippen LogP contribution in [-0.2, 0) is 19.6 Å². The average Bonchev–Trinajstić information content (AvgIpc) is 3.14. The number of aliphatic hydroxyl groups is 1. The van der Waals surface area contributed by atoms with Gasteiger partial charge in [0.2, 0.25) is 5.75 Å². The Morgan fingerprint density at radius 3 is 2.11 bits per heavy atom. The number of methoxy groups -OCH3 is 3. The van der Waals surface area contributed by atoms with E-state index < -0.39 is 0 Å². The van der Waals surface area contributed by atoms with Gasteiger partial charge in [0, 0.05) is 13.1 Å². The van der Waals surface area contributed by atoms with Gasteiger partial charge in [-0.2, -0.15) is 0 Å². The van der Waals surface area contributed by atoms with Crippen molar-refractivity contribution in [3.8, 4) is 17.2 Å². The Labute approximate surface area is 161 Å². The van der Waals surface area contributed by atoms with Crippen molar-refractivity contribution in [2.24, 2.45) is 5.92 Å². The Morgan fingerprint density at radius 2 is 1.56 bits per heavy atom. The molecule has 0 bridgehead atoms. The number of ether oxygens (including phenoxy) is 3. The second-order valence-corrected chi connectivity index (χ2v) is 7.10. The highest BCUT2D eigenvalue weighted by Gasteiger charge is 2.23. The van der Waals surface area contributed by atoms with Gasteiger partial charge >= 0.3 is 0 Å². The molecule has 2 aromatic rings. The van der Waals surface area contributed by atoms with Crippen LogP contribution in [0.4, 0.5) is 0 Å². The van der Waals surface area contributed by atoms with Gasteiger partial charge in [-0.15, -0.1) is 0 Å². The van der Waals surface area contributed by atoms with Gasteiger partial charge in [0.1, 0.15) is 0 Å². The van der Waals surface area contributed by atoms with E-state index in [2.05, 4.69) is 17.0 Å². The van der Waals surface area contributed by atoms with Gasteiger partial charge < -0.3 is 19.3 Å². The van der Waals surface area contributed by atoms with Crippen molar-refractivity contribution >= 4 is 0 Å². The molecule has 0 amide bonds. The lowest BCUT2D eigenvalue weighted by molar-refractivity contribution is 0.282. The van der Waals surface area contributed by atoms with E-state index in [1.165, 1.54) is 12.0 Å². The van der Waals surface area contributed by atoms with E-state index in [0.29, 0.717) is 23.2 Å². The summed E-state index contributed by atoms with van der Waals surface area (Å²) in [6, 6.07) is 12.3. The molecular weight excluding hydrogens is 342 g/mol. The number of aliphatic hydroxyl groups excluding tert-OH is 1. The predicted octanol–water partition coefficient (Wildman–Crippen LogP) is 3.27. The third kappa shape index (κ3) is 4.73. The minimum Gasteiger partial charge on any atom is -0.493 e. The molecule has 2 aromatic carbocycles. The first kappa shape index (κ1) is 19.5. The maximum Gasteiger partial charge on any atom is 0.203 e. The third-order valence-corrected chi connectivity index (χ3v) is 5.23. The molecule has 5 heteroatoms. The number of nitrogens with zero attached hydrogens (tertiary/aromatic N) is 1. The molecule has 27 heavy (non-hydrogen) atoms. The van der Waals surface area contributed by atoms with Gasteiger partial charge in [0.05, 0.1) is 27.9 Å². The molecule has 146 valence electrons. The van der Waals surface area contributed by atoms with Crippen molar-refractivity contribution < 1.29 is 19.3 Å². The largest absolute Gasteiger partial charge is 0.493 e. The third-order valence-electron chi connectivity index (χ3n) is 5.23. The van der Waals surface area contributed by atoms with Crippen molar-refractivity contribution in [2.45, 2.75) is 26.0 Å². The summed E-state index contributed by atoms with van der Waals surface area (Å²) in [5.74, 6) is 2.69. The molecular formula is C22H29NO4. The monoisotopic (exact) mass is 371 g/mol. The minimum absolute atomic E-state index is 0.103. The lowest BCUT2D eigenvalue weighted by Crippen LogP contribution is -2.20. The highest BCUT2D eigenvalue weighted by molar-refractivity contribution is 5.53. The zero-order chi connectivity index (χ0) is 19.2. The minimum atomic E-state index is 0.103. The van der Waals surface area contributed by atoms with Crippen LogP contribution in [0.15, 0.2) is 36.4 Å². The fourth-order valence-corrected chi connectivity index (χ4v) is 3.82. The highest BCUT2D eigenvalue weighted by Crippen LogP contribution is 2.38. The summed E-state index contributed by atoms with van der Waals surface area (Å²) < 4.78 is 16.3. The topological polar surface area (TPSA) is 51.2 Å². The molecule has 5 nitrogen and oxygen atoms in total. The molecule has 1 aliphatic rings. The fourth-order valence-electron chi connectivity index (χ4n) is 3.82. The van der Waals surface area contributed by atoms with Crippen LogP contribution >= 0.6 is 0 Å². The van der Waals surface area contributed by atoms with Gasteiger partial charge in [-0.1, -0.05) is 24.3 Å². The quantitative estimate of drug-likeness (QED) is 0.772. The lowest BCUT2D eigenvalue weighted by Gasteiger charge is -2.19. The van der Waals surface area contributed by atoms with E-state index in [9.17, 15) is 0 Å². The van der Waals surface area contributed by atoms with Crippen molar-refractivity contribution in [3.05, 3.63) is 53.1 Å². The summed E-state index contributed by atoms with van der Waals surface area (Å²) in [6.45, 7) is 3.15. The first-order chi connectivity index (χ1) is 13.2. The highest BCUT2D eigenvalue weighted by atomic mass is 16.5. The van der Waals surface area contributed by atoms with Crippen molar-refractivity contribution in [1.82, 2.24) is 4.90 Å². The van der Waals surface area contributed by atoms with E-state index in [4.69, 9.17) is 19.3 Å². The zero-order valence-electron chi connectivity index (χ0n) is 16.4. The summed E-state index contributed by atoms with van der Waals surface area (Å²) in [4.78, 5) is 2.48. The van der Waals surface area contributed by atoms with E-state index >= 15 is 0 Å². The number of hydrogen-bond donors (Lipinski definition) is 1. The number of benzene rings is 2. The molecule has 1 aliphatic heterocycles. The van der Waals surface area contributed by atoms with Crippen LogP contribution in [0.5, 0.6) is 17.2 Å². The van der Waals surface area contributed by atoms with Crippen LogP contribution < -0.4 is 14.2 Å². The second kappa shape index (κ2) is 9.11. The van der Waals surface area contributed by atoms with Crippen molar-refractivity contribution in [1.29, 1.82) is 0 Å². The molecule has 1 fully saturated rings. The number of hydrogen-bond acceptors (Lipinski definition) is 5. The van der Waals surface area contributed by atoms with Crippen LogP contribution in [0.2, 0.25) is 0 Å². The molecule has 1 saturated heterocycles. The summed E-state index contributed by atoms with van der Waals surface area (Å²) in [5, 5.41) is 9.16. The normalized spacial score (nSPS) is 17.1. The SMILES string of the molecule is COc1cc(CN2CC[C@@H](Cc3ccc(CO)cc3)C2)cc(OC)c1OC. The van der Waals surface area contributed by atoms with Crippen LogP contribution in [0.25, 0.3) is 0 Å². The number of likely N-dealkylation sites (tertiary alicyclic amines) is 1. The average molecular weight is 371 g/mol. The smallest absolute Gasteiger partial charge is 0.203 e. The summed E-state index contributed by atoms with van der Waals surface area (Å²) in [6.07, 6.45) is 2.28. The van der Waals surface area contributed by atoms with E-state index in [1.807, 2.05) is 24.3 Å². The molecule has 1 heterocycles. The summed E-state index contributed by atoms with van der Waals surface area (Å²) in [7, 11) is 4.92. The van der Waals surface area contributed by atoms with Crippen LogP contribution in [0, 0.1) is 5.92 Å². The Hall–Kier alpha value is -2.24. The van der Waals surface area contributed by atoms with Crippen LogP contribution in [0.3, 0.4) is 0 Å². The summed E-state index contributed by atoms with van der Waals surface area (Å²) in [5.41, 5.74) is 3.47. The maximum absolute atomic E-state index is 9.16. The molecule has 0 aliphatic carbocycles. The Kier molecular flexibility index (Phi) is 6.58. The number of rotatable bonds is 8. The Bertz CT molecular complexity index is 719. The first-order valence-electron chi connectivity index (χ1n) is 9.36. The maximum atomic E-state index is 9.16. The predicted molar refractivity (Wildman–Crippen MR) is 106 cm³/mol.